The molecule has 2 rings (SSSR count). The standard InChI is InChI=1S/C11H10BrF2NO/c12-11(13,14)10(16)15-7-3-5-8-4-1-2-6-9(8)15/h1-2,4,6H,3,5,7H2. The van der Waals surface area contributed by atoms with Crippen LogP contribution in [0.3, 0.4) is 0 Å². The molecule has 0 spiro atoms. The van der Waals surface area contributed by atoms with Crippen LogP contribution >= 0.6 is 15.9 Å². The Hall–Kier alpha value is -0.970. The Balaban J connectivity index is 2.36. The van der Waals surface area contributed by atoms with Crippen molar-refractivity contribution in [2.45, 2.75) is 17.7 Å². The molecular weight excluding hydrogens is 280 g/mol. The largest absolute Gasteiger partial charge is 0.378 e. The number of fused-ring (bicyclic) bond motifs is 1. The molecule has 1 aromatic rings. The summed E-state index contributed by atoms with van der Waals surface area (Å²) in [5.41, 5.74) is 1.54. The zero-order valence-corrected chi connectivity index (χ0v) is 10.0. The molecule has 1 aliphatic rings. The van der Waals surface area contributed by atoms with Gasteiger partial charge in [0.05, 0.1) is 0 Å². The molecule has 1 aromatic carbocycles. The summed E-state index contributed by atoms with van der Waals surface area (Å²) < 4.78 is 25.8. The van der Waals surface area contributed by atoms with Crippen LogP contribution in [0, 0.1) is 0 Å². The fourth-order valence-electron chi connectivity index (χ4n) is 1.90. The minimum atomic E-state index is -3.49. The molecule has 5 heteroatoms. The third kappa shape index (κ3) is 2.09. The fraction of sp³-hybridized carbons (Fsp3) is 0.364. The van der Waals surface area contributed by atoms with Crippen LogP contribution in [-0.4, -0.2) is 17.3 Å². The number of para-hydroxylation sites is 1. The molecule has 0 radical (unpaired) electrons. The molecule has 0 atom stereocenters. The highest BCUT2D eigenvalue weighted by molar-refractivity contribution is 9.10. The van der Waals surface area contributed by atoms with E-state index in [-0.39, 0.29) is 0 Å². The predicted octanol–water partition coefficient (Wildman–Crippen LogP) is 2.95. The lowest BCUT2D eigenvalue weighted by Gasteiger charge is -2.30. The molecule has 1 aliphatic heterocycles. The molecule has 0 aliphatic carbocycles. The normalized spacial score (nSPS) is 15.8. The van der Waals surface area contributed by atoms with Crippen LogP contribution in [0.2, 0.25) is 0 Å². The van der Waals surface area contributed by atoms with E-state index in [9.17, 15) is 13.6 Å². The van der Waals surface area contributed by atoms with Crippen molar-refractivity contribution in [3.05, 3.63) is 29.8 Å². The Labute approximate surface area is 100 Å². The lowest BCUT2D eigenvalue weighted by molar-refractivity contribution is -0.131. The van der Waals surface area contributed by atoms with Crippen LogP contribution in [0.25, 0.3) is 0 Å². The topological polar surface area (TPSA) is 20.3 Å². The zero-order valence-electron chi connectivity index (χ0n) is 8.42. The van der Waals surface area contributed by atoms with Gasteiger partial charge in [-0.25, -0.2) is 0 Å². The third-order valence-electron chi connectivity index (χ3n) is 2.60. The van der Waals surface area contributed by atoms with Crippen molar-refractivity contribution in [3.8, 4) is 0 Å². The minimum absolute atomic E-state index is 0.344. The van der Waals surface area contributed by atoms with E-state index in [0.29, 0.717) is 18.7 Å². The maximum atomic E-state index is 12.9. The Morgan fingerprint density at radius 1 is 1.38 bits per heavy atom. The summed E-state index contributed by atoms with van der Waals surface area (Å²) in [7, 11) is 0. The highest BCUT2D eigenvalue weighted by atomic mass is 79.9. The van der Waals surface area contributed by atoms with Crippen LogP contribution < -0.4 is 4.90 Å². The maximum Gasteiger partial charge on any atom is 0.378 e. The van der Waals surface area contributed by atoms with Crippen LogP contribution in [0.4, 0.5) is 14.5 Å². The van der Waals surface area contributed by atoms with E-state index in [1.165, 1.54) is 0 Å². The number of halogens is 3. The number of carbonyl (C=O) groups excluding carboxylic acids is 1. The van der Waals surface area contributed by atoms with Crippen molar-refractivity contribution in [1.82, 2.24) is 0 Å². The van der Waals surface area contributed by atoms with Crippen LogP contribution in [0.15, 0.2) is 24.3 Å². The van der Waals surface area contributed by atoms with Crippen molar-refractivity contribution in [3.63, 3.8) is 0 Å². The van der Waals surface area contributed by atoms with Crippen molar-refractivity contribution < 1.29 is 13.6 Å². The number of alkyl halides is 3. The number of rotatable bonds is 1. The molecule has 0 bridgehead atoms. The second-order valence-electron chi connectivity index (χ2n) is 3.69. The van der Waals surface area contributed by atoms with Gasteiger partial charge in [0, 0.05) is 28.2 Å². The number of carbonyl (C=O) groups is 1. The average Bonchev–Trinajstić information content (AvgIpc) is 2.26. The molecule has 0 saturated carbocycles. The van der Waals surface area contributed by atoms with Crippen LogP contribution in [0.5, 0.6) is 0 Å². The molecule has 0 N–H and O–H groups in total. The van der Waals surface area contributed by atoms with Gasteiger partial charge in [0.25, 0.3) is 0 Å². The predicted molar refractivity (Wildman–Crippen MR) is 61.0 cm³/mol. The first-order valence-corrected chi connectivity index (χ1v) is 5.76. The van der Waals surface area contributed by atoms with Gasteiger partial charge in [-0.15, -0.1) is 0 Å². The molecule has 1 heterocycles. The van der Waals surface area contributed by atoms with Crippen LogP contribution in [-0.2, 0) is 11.2 Å². The van der Waals surface area contributed by atoms with Gasteiger partial charge >= 0.3 is 10.7 Å². The first-order chi connectivity index (χ1) is 7.50. The van der Waals surface area contributed by atoms with Gasteiger partial charge < -0.3 is 4.90 Å². The van der Waals surface area contributed by atoms with Crippen molar-refractivity contribution >= 4 is 27.5 Å². The molecule has 0 aromatic heterocycles. The van der Waals surface area contributed by atoms with E-state index in [2.05, 4.69) is 15.9 Å². The summed E-state index contributed by atoms with van der Waals surface area (Å²) in [5, 5.41) is 0. The summed E-state index contributed by atoms with van der Waals surface area (Å²) >= 11 is 2.11. The lowest BCUT2D eigenvalue weighted by atomic mass is 10.0. The second-order valence-corrected chi connectivity index (χ2v) is 4.68. The molecule has 86 valence electrons. The molecular formula is C11H10BrF2NO. The average molecular weight is 290 g/mol. The number of hydrogen-bond donors (Lipinski definition) is 0. The highest BCUT2D eigenvalue weighted by Crippen LogP contribution is 2.32. The minimum Gasteiger partial charge on any atom is -0.306 e. The number of aryl methyl sites for hydroxylation is 1. The molecule has 0 saturated heterocycles. The summed E-state index contributed by atoms with van der Waals surface area (Å²) in [6.07, 6.45) is 1.54. The molecule has 0 unspecified atom stereocenters. The Morgan fingerprint density at radius 3 is 2.75 bits per heavy atom. The Morgan fingerprint density at radius 2 is 2.06 bits per heavy atom. The van der Waals surface area contributed by atoms with Gasteiger partial charge in [-0.3, -0.25) is 4.79 Å². The van der Waals surface area contributed by atoms with Gasteiger partial charge in [-0.2, -0.15) is 8.78 Å². The molecule has 1 amide bonds. The molecule has 0 fully saturated rings. The summed E-state index contributed by atoms with van der Waals surface area (Å²) in [4.78, 5) is 9.17. The number of anilines is 1. The van der Waals surface area contributed by atoms with Crippen LogP contribution in [0.1, 0.15) is 12.0 Å². The summed E-state index contributed by atoms with van der Waals surface area (Å²) in [6.45, 7) is 0.344. The van der Waals surface area contributed by atoms with Gasteiger partial charge in [0.15, 0.2) is 0 Å². The SMILES string of the molecule is O=C(N1CCCc2ccccc21)C(F)(F)Br. The quantitative estimate of drug-likeness (QED) is 0.728. The van der Waals surface area contributed by atoms with E-state index in [1.807, 2.05) is 12.1 Å². The summed E-state index contributed by atoms with van der Waals surface area (Å²) in [5.74, 6) is -1.19. The third-order valence-corrected chi connectivity index (χ3v) is 2.94. The first-order valence-electron chi connectivity index (χ1n) is 4.97. The summed E-state index contributed by atoms with van der Waals surface area (Å²) in [6, 6.07) is 7.15. The number of hydrogen-bond acceptors (Lipinski definition) is 1. The van der Waals surface area contributed by atoms with Crippen molar-refractivity contribution in [1.29, 1.82) is 0 Å². The number of nitrogens with zero attached hydrogens (tertiary/aromatic N) is 1. The first kappa shape index (κ1) is 11.5. The monoisotopic (exact) mass is 289 g/mol. The van der Waals surface area contributed by atoms with Crippen molar-refractivity contribution in [2.75, 3.05) is 11.4 Å². The van der Waals surface area contributed by atoms with E-state index >= 15 is 0 Å². The highest BCUT2D eigenvalue weighted by Gasteiger charge is 2.40. The Kier molecular flexibility index (Phi) is 2.97. The number of benzene rings is 1. The van der Waals surface area contributed by atoms with Gasteiger partial charge in [-0.05, 0) is 24.5 Å². The Bertz CT molecular complexity index is 417. The van der Waals surface area contributed by atoms with Gasteiger partial charge in [-0.1, -0.05) is 18.2 Å². The smallest absolute Gasteiger partial charge is 0.306 e. The maximum absolute atomic E-state index is 12.9. The van der Waals surface area contributed by atoms with Crippen molar-refractivity contribution in [2.24, 2.45) is 0 Å². The lowest BCUT2D eigenvalue weighted by Crippen LogP contribution is -2.43. The van der Waals surface area contributed by atoms with E-state index < -0.39 is 10.7 Å². The number of amides is 1. The zero-order chi connectivity index (χ0) is 11.8. The molecule has 2 nitrogen and oxygen atoms in total. The molecule has 16 heavy (non-hydrogen) atoms. The fourth-order valence-corrected chi connectivity index (χ4v) is 2.11. The van der Waals surface area contributed by atoms with Gasteiger partial charge in [0.2, 0.25) is 0 Å². The van der Waals surface area contributed by atoms with Gasteiger partial charge in [0.1, 0.15) is 0 Å². The second kappa shape index (κ2) is 4.13. The van der Waals surface area contributed by atoms with E-state index in [4.69, 9.17) is 0 Å². The van der Waals surface area contributed by atoms with E-state index in [0.717, 1.165) is 16.9 Å². The van der Waals surface area contributed by atoms with E-state index in [1.54, 1.807) is 12.1 Å².